The van der Waals surface area contributed by atoms with Gasteiger partial charge in [0.1, 0.15) is 12.3 Å². The molecule has 0 saturated carbocycles. The summed E-state index contributed by atoms with van der Waals surface area (Å²) in [7, 11) is 0. The molecule has 5 heteroatoms. The maximum absolute atomic E-state index is 10.4. The molecule has 0 aromatic rings. The number of rotatable bonds is 6. The van der Waals surface area contributed by atoms with E-state index < -0.39 is 18.1 Å². The van der Waals surface area contributed by atoms with Crippen molar-refractivity contribution in [1.29, 1.82) is 0 Å². The lowest BCUT2D eigenvalue weighted by atomic mass is 10.2. The highest BCUT2D eigenvalue weighted by atomic mass is 16.4. The molecule has 0 aromatic heterocycles. The first-order valence-corrected chi connectivity index (χ1v) is 3.65. The van der Waals surface area contributed by atoms with Crippen LogP contribution in [0.3, 0.4) is 0 Å². The molecule has 0 bridgehead atoms. The lowest BCUT2D eigenvalue weighted by Crippen LogP contribution is -2.40. The van der Waals surface area contributed by atoms with E-state index in [1.54, 1.807) is 0 Å². The summed E-state index contributed by atoms with van der Waals surface area (Å²) >= 11 is 0. The largest absolute Gasteiger partial charge is 0.480 e. The maximum Gasteiger partial charge on any atom is 0.321 e. The van der Waals surface area contributed by atoms with Crippen LogP contribution in [0, 0.1) is 0 Å². The van der Waals surface area contributed by atoms with E-state index in [-0.39, 0.29) is 13.0 Å². The van der Waals surface area contributed by atoms with Crippen molar-refractivity contribution in [2.24, 2.45) is 0 Å². The monoisotopic (exact) mass is 175 g/mol. The van der Waals surface area contributed by atoms with Crippen molar-refractivity contribution in [3.8, 4) is 0 Å². The zero-order valence-corrected chi connectivity index (χ0v) is 6.86. The van der Waals surface area contributed by atoms with Crippen LogP contribution in [0.25, 0.3) is 0 Å². The molecule has 0 amide bonds. The van der Waals surface area contributed by atoms with E-state index in [0.717, 1.165) is 0 Å². The van der Waals surface area contributed by atoms with Crippen molar-refractivity contribution in [3.05, 3.63) is 0 Å². The Morgan fingerprint density at radius 1 is 1.67 bits per heavy atom. The molecular formula is C7H13NO4. The fourth-order valence-corrected chi connectivity index (χ4v) is 0.681. The molecule has 0 aromatic carbocycles. The smallest absolute Gasteiger partial charge is 0.321 e. The summed E-state index contributed by atoms with van der Waals surface area (Å²) in [6.45, 7) is 1.71. The van der Waals surface area contributed by atoms with Gasteiger partial charge in [0, 0.05) is 13.0 Å². The first-order valence-electron chi connectivity index (χ1n) is 3.65. The topological polar surface area (TPSA) is 86.6 Å². The van der Waals surface area contributed by atoms with Gasteiger partial charge in [0.25, 0.3) is 0 Å². The third-order valence-corrected chi connectivity index (χ3v) is 1.29. The molecule has 12 heavy (non-hydrogen) atoms. The van der Waals surface area contributed by atoms with Crippen LogP contribution in [0.5, 0.6) is 0 Å². The van der Waals surface area contributed by atoms with E-state index in [0.29, 0.717) is 6.29 Å². The van der Waals surface area contributed by atoms with E-state index in [4.69, 9.17) is 10.2 Å². The standard InChI is InChI=1S/C7H13NO4/c1-5(10)4-8-6(2-3-9)7(11)12/h3,5-6,8,10H,2,4H2,1H3,(H,11,12). The molecule has 0 aliphatic carbocycles. The number of carboxylic acid groups (broad SMARTS) is 1. The highest BCUT2D eigenvalue weighted by Gasteiger charge is 2.15. The van der Waals surface area contributed by atoms with Gasteiger partial charge in [-0.3, -0.25) is 4.79 Å². The fourth-order valence-electron chi connectivity index (χ4n) is 0.681. The minimum Gasteiger partial charge on any atom is -0.480 e. The SMILES string of the molecule is CC(O)CNC(CC=O)C(=O)O. The number of aldehydes is 1. The normalized spacial score (nSPS) is 15.2. The molecule has 2 unspecified atom stereocenters. The van der Waals surface area contributed by atoms with Crippen molar-refractivity contribution in [1.82, 2.24) is 5.32 Å². The Kier molecular flexibility index (Phi) is 5.23. The molecule has 3 N–H and O–H groups in total. The van der Waals surface area contributed by atoms with Gasteiger partial charge in [-0.05, 0) is 6.92 Å². The quantitative estimate of drug-likeness (QED) is 0.451. The van der Waals surface area contributed by atoms with Crippen molar-refractivity contribution in [2.75, 3.05) is 6.54 Å². The van der Waals surface area contributed by atoms with Crippen LogP contribution in [-0.4, -0.2) is 41.2 Å². The number of carbonyl (C=O) groups is 2. The number of carboxylic acids is 1. The van der Waals surface area contributed by atoms with E-state index in [2.05, 4.69) is 5.32 Å². The Morgan fingerprint density at radius 2 is 2.25 bits per heavy atom. The second kappa shape index (κ2) is 5.68. The molecule has 70 valence electrons. The first-order chi connectivity index (χ1) is 5.57. The third kappa shape index (κ3) is 4.81. The van der Waals surface area contributed by atoms with Gasteiger partial charge in [0.05, 0.1) is 6.10 Å². The number of hydrogen-bond donors (Lipinski definition) is 3. The lowest BCUT2D eigenvalue weighted by molar-refractivity contribution is -0.140. The van der Waals surface area contributed by atoms with E-state index in [1.165, 1.54) is 6.92 Å². The zero-order valence-electron chi connectivity index (χ0n) is 6.86. The van der Waals surface area contributed by atoms with Crippen LogP contribution in [0.1, 0.15) is 13.3 Å². The summed E-state index contributed by atoms with van der Waals surface area (Å²) in [5.74, 6) is -1.08. The van der Waals surface area contributed by atoms with E-state index >= 15 is 0 Å². The van der Waals surface area contributed by atoms with E-state index in [1.807, 2.05) is 0 Å². The van der Waals surface area contributed by atoms with Gasteiger partial charge in [0.2, 0.25) is 0 Å². The van der Waals surface area contributed by atoms with Gasteiger partial charge >= 0.3 is 5.97 Å². The number of aliphatic hydroxyl groups is 1. The Morgan fingerprint density at radius 3 is 2.58 bits per heavy atom. The zero-order chi connectivity index (χ0) is 9.56. The summed E-state index contributed by atoms with van der Waals surface area (Å²) in [6, 6.07) is -0.892. The molecule has 0 aliphatic rings. The highest BCUT2D eigenvalue weighted by molar-refractivity contribution is 5.76. The van der Waals surface area contributed by atoms with Crippen LogP contribution in [0.15, 0.2) is 0 Å². The summed E-state index contributed by atoms with van der Waals surface area (Å²) in [6.07, 6.45) is -0.158. The summed E-state index contributed by atoms with van der Waals surface area (Å²) in [4.78, 5) is 20.4. The number of aliphatic carboxylic acids is 1. The van der Waals surface area contributed by atoms with Crippen molar-refractivity contribution in [3.63, 3.8) is 0 Å². The Labute approximate surface area is 70.4 Å². The third-order valence-electron chi connectivity index (χ3n) is 1.29. The maximum atomic E-state index is 10.4. The van der Waals surface area contributed by atoms with Crippen LogP contribution < -0.4 is 5.32 Å². The van der Waals surface area contributed by atoms with Crippen LogP contribution in [0.2, 0.25) is 0 Å². The number of aliphatic hydroxyl groups excluding tert-OH is 1. The average Bonchev–Trinajstić information content (AvgIpc) is 1.96. The molecular weight excluding hydrogens is 162 g/mol. The predicted octanol–water partition coefficient (Wildman–Crippen LogP) is -1.00. The molecule has 0 radical (unpaired) electrons. The summed E-state index contributed by atoms with van der Waals surface area (Å²) in [5, 5.41) is 19.9. The molecule has 0 saturated heterocycles. The molecule has 0 fully saturated rings. The molecule has 2 atom stereocenters. The van der Waals surface area contributed by atoms with Gasteiger partial charge in [0.15, 0.2) is 0 Å². The Balaban J connectivity index is 3.78. The second-order valence-electron chi connectivity index (χ2n) is 2.55. The van der Waals surface area contributed by atoms with Crippen LogP contribution >= 0.6 is 0 Å². The van der Waals surface area contributed by atoms with Crippen molar-refractivity contribution in [2.45, 2.75) is 25.5 Å². The minimum atomic E-state index is -1.08. The second-order valence-corrected chi connectivity index (χ2v) is 2.55. The van der Waals surface area contributed by atoms with Gasteiger partial charge in [-0.15, -0.1) is 0 Å². The van der Waals surface area contributed by atoms with E-state index in [9.17, 15) is 9.59 Å². The highest BCUT2D eigenvalue weighted by Crippen LogP contribution is 1.89. The van der Waals surface area contributed by atoms with Crippen LogP contribution in [-0.2, 0) is 9.59 Å². The van der Waals surface area contributed by atoms with Crippen molar-refractivity contribution >= 4 is 12.3 Å². The van der Waals surface area contributed by atoms with Gasteiger partial charge in [-0.2, -0.15) is 0 Å². The molecule has 0 aliphatic heterocycles. The van der Waals surface area contributed by atoms with Crippen LogP contribution in [0.4, 0.5) is 0 Å². The minimum absolute atomic E-state index is 0.0813. The summed E-state index contributed by atoms with van der Waals surface area (Å²) in [5.41, 5.74) is 0. The van der Waals surface area contributed by atoms with Gasteiger partial charge in [-0.1, -0.05) is 0 Å². The first kappa shape index (κ1) is 11.1. The van der Waals surface area contributed by atoms with Gasteiger partial charge in [-0.25, -0.2) is 0 Å². The predicted molar refractivity (Wildman–Crippen MR) is 41.8 cm³/mol. The van der Waals surface area contributed by atoms with Gasteiger partial charge < -0.3 is 20.3 Å². The number of hydrogen-bond acceptors (Lipinski definition) is 4. The Bertz CT molecular complexity index is 157. The average molecular weight is 175 g/mol. The number of carbonyl (C=O) groups excluding carboxylic acids is 1. The lowest BCUT2D eigenvalue weighted by Gasteiger charge is -2.12. The number of nitrogens with one attached hydrogen (secondary N) is 1. The van der Waals surface area contributed by atoms with Crippen molar-refractivity contribution < 1.29 is 19.8 Å². The molecule has 0 heterocycles. The Hall–Kier alpha value is -0.940. The molecule has 0 rings (SSSR count). The fraction of sp³-hybridized carbons (Fsp3) is 0.714. The molecule has 0 spiro atoms. The molecule has 5 nitrogen and oxygen atoms in total. The summed E-state index contributed by atoms with van der Waals surface area (Å²) < 4.78 is 0.